The third-order valence-corrected chi connectivity index (χ3v) is 0.957. The lowest BCUT2D eigenvalue weighted by Crippen LogP contribution is -1.66. The molecule has 0 saturated carbocycles. The van der Waals surface area contributed by atoms with Crippen LogP contribution in [0, 0.1) is 35.5 Å². The largest absolute Gasteiger partial charge is 0.0654 e. The molecule has 0 heteroatoms. The monoisotopic (exact) mass is 435 g/mol. The fourth-order valence-corrected chi connectivity index (χ4v) is 0.500. The summed E-state index contributed by atoms with van der Waals surface area (Å²) >= 11 is 0. The first kappa shape index (κ1) is 47.7. The van der Waals surface area contributed by atoms with Gasteiger partial charge >= 0.3 is 0 Å². The van der Waals surface area contributed by atoms with E-state index in [0.717, 1.165) is 35.5 Å². The molecule has 0 spiro atoms. The molecule has 0 radical (unpaired) electrons. The van der Waals surface area contributed by atoms with Crippen LogP contribution in [0.4, 0.5) is 0 Å². The molecule has 0 aliphatic heterocycles. The minimum Gasteiger partial charge on any atom is -0.0654 e. The second-order valence-electron chi connectivity index (χ2n) is 12.1. The van der Waals surface area contributed by atoms with Gasteiger partial charge in [0.05, 0.1) is 0 Å². The van der Waals surface area contributed by atoms with Crippen LogP contribution in [-0.4, -0.2) is 0 Å². The van der Waals surface area contributed by atoms with Gasteiger partial charge in [0.15, 0.2) is 0 Å². The predicted octanol–water partition coefficient (Wildman–Crippen LogP) is 12.6. The molecule has 0 nitrogen and oxygen atoms in total. The van der Waals surface area contributed by atoms with Gasteiger partial charge in [0.25, 0.3) is 0 Å². The summed E-state index contributed by atoms with van der Waals surface area (Å²) < 4.78 is 0. The fourth-order valence-electron chi connectivity index (χ4n) is 0.500. The Morgan fingerprint density at radius 1 is 0.267 bits per heavy atom. The molecule has 0 amide bonds. The minimum atomic E-state index is 0.833. The standard InChI is InChI=1S/C6H14.6C4H10/c1-3-5-6-4-2;6*1-4(2)3/h3-6H2,1-2H3;6*4H,1-3H3. The molecular weight excluding hydrogens is 360 g/mol. The van der Waals surface area contributed by atoms with Crippen molar-refractivity contribution in [2.75, 3.05) is 0 Å². The fraction of sp³-hybridized carbons (Fsp3) is 1.00. The quantitative estimate of drug-likeness (QED) is 0.387. The van der Waals surface area contributed by atoms with Crippen molar-refractivity contribution in [3.63, 3.8) is 0 Å². The van der Waals surface area contributed by atoms with Gasteiger partial charge in [0.2, 0.25) is 0 Å². The van der Waals surface area contributed by atoms with E-state index in [4.69, 9.17) is 0 Å². The molecule has 0 aromatic carbocycles. The lowest BCUT2D eigenvalue weighted by molar-refractivity contribution is 0.702. The van der Waals surface area contributed by atoms with Gasteiger partial charge in [-0.25, -0.2) is 0 Å². The van der Waals surface area contributed by atoms with Gasteiger partial charge in [-0.2, -0.15) is 0 Å². The molecule has 0 saturated heterocycles. The summed E-state index contributed by atoms with van der Waals surface area (Å²) in [6, 6.07) is 0. The lowest BCUT2D eigenvalue weighted by atomic mass is 10.2. The Balaban J connectivity index is -0.0000000414. The summed E-state index contributed by atoms with van der Waals surface area (Å²) in [5.41, 5.74) is 0. The molecule has 194 valence electrons. The van der Waals surface area contributed by atoms with E-state index in [1.807, 2.05) is 0 Å². The summed E-state index contributed by atoms with van der Waals surface area (Å²) in [7, 11) is 0. The average Bonchev–Trinajstić information content (AvgIpc) is 2.41. The van der Waals surface area contributed by atoms with Gasteiger partial charge in [-0.3, -0.25) is 0 Å². The molecule has 0 unspecified atom stereocenters. The normalized spacial score (nSPS) is 9.00. The molecule has 30 heavy (non-hydrogen) atoms. The summed E-state index contributed by atoms with van der Waals surface area (Å²) in [6.07, 6.45) is 5.54. The maximum Gasteiger partial charge on any atom is -0.0500 e. The minimum absolute atomic E-state index is 0.833. The van der Waals surface area contributed by atoms with Crippen molar-refractivity contribution in [2.45, 2.75) is 164 Å². The van der Waals surface area contributed by atoms with Crippen LogP contribution in [0.25, 0.3) is 0 Å². The smallest absolute Gasteiger partial charge is 0.0500 e. The SMILES string of the molecule is CC(C)C.CC(C)C.CC(C)C.CC(C)C.CC(C)C.CC(C)C.CCCCCC. The predicted molar refractivity (Wildman–Crippen MR) is 153 cm³/mol. The Bertz CT molecular complexity index is 117. The van der Waals surface area contributed by atoms with Crippen molar-refractivity contribution in [1.82, 2.24) is 0 Å². The third-order valence-electron chi connectivity index (χ3n) is 0.957. The van der Waals surface area contributed by atoms with Crippen molar-refractivity contribution in [2.24, 2.45) is 35.5 Å². The Hall–Kier alpha value is 0. The zero-order valence-corrected chi connectivity index (χ0v) is 26.3. The molecule has 0 atom stereocenters. The molecule has 0 fully saturated rings. The van der Waals surface area contributed by atoms with E-state index in [9.17, 15) is 0 Å². The van der Waals surface area contributed by atoms with Crippen molar-refractivity contribution < 1.29 is 0 Å². The Kier molecular flexibility index (Phi) is 74.7. The van der Waals surface area contributed by atoms with E-state index in [-0.39, 0.29) is 0 Å². The van der Waals surface area contributed by atoms with Gasteiger partial charge in [-0.05, 0) is 35.5 Å². The van der Waals surface area contributed by atoms with E-state index in [0.29, 0.717) is 0 Å². The van der Waals surface area contributed by atoms with Crippen LogP contribution in [0.2, 0.25) is 0 Å². The highest BCUT2D eigenvalue weighted by molar-refractivity contribution is 4.31. The number of unbranched alkanes of at least 4 members (excludes halogenated alkanes) is 3. The molecule has 0 aliphatic rings. The third kappa shape index (κ3) is 2270. The highest BCUT2D eigenvalue weighted by atomic mass is 13.8. The molecule has 0 rings (SSSR count). The molecular formula is C30H74. The van der Waals surface area contributed by atoms with Crippen molar-refractivity contribution in [3.05, 3.63) is 0 Å². The Morgan fingerprint density at radius 2 is 0.333 bits per heavy atom. The van der Waals surface area contributed by atoms with Gasteiger partial charge in [0, 0.05) is 0 Å². The van der Waals surface area contributed by atoms with Crippen molar-refractivity contribution in [1.29, 1.82) is 0 Å². The zero-order chi connectivity index (χ0) is 26.3. The van der Waals surface area contributed by atoms with Crippen LogP contribution in [0.3, 0.4) is 0 Å². The number of hydrogen-bond donors (Lipinski definition) is 0. The highest BCUT2D eigenvalue weighted by Crippen LogP contribution is 1.95. The molecule has 0 aliphatic carbocycles. The summed E-state index contributed by atoms with van der Waals surface area (Å²) in [5.74, 6) is 5.00. The van der Waals surface area contributed by atoms with E-state index >= 15 is 0 Å². The topological polar surface area (TPSA) is 0 Å². The van der Waals surface area contributed by atoms with Crippen molar-refractivity contribution in [3.8, 4) is 0 Å². The first-order valence-corrected chi connectivity index (χ1v) is 13.3. The number of hydrogen-bond acceptors (Lipinski definition) is 0. The lowest BCUT2D eigenvalue weighted by Gasteiger charge is -1.86. The van der Waals surface area contributed by atoms with E-state index in [1.54, 1.807) is 0 Å². The maximum absolute atomic E-state index is 2.23. The van der Waals surface area contributed by atoms with Crippen LogP contribution >= 0.6 is 0 Å². The Labute approximate surface area is 199 Å². The molecule has 0 aromatic rings. The van der Waals surface area contributed by atoms with Gasteiger partial charge in [-0.15, -0.1) is 0 Å². The van der Waals surface area contributed by atoms with Crippen LogP contribution in [0.1, 0.15) is 164 Å². The maximum atomic E-state index is 2.23. The van der Waals surface area contributed by atoms with E-state index in [2.05, 4.69) is 138 Å². The van der Waals surface area contributed by atoms with Crippen LogP contribution in [-0.2, 0) is 0 Å². The van der Waals surface area contributed by atoms with Crippen molar-refractivity contribution >= 4 is 0 Å². The van der Waals surface area contributed by atoms with Gasteiger partial charge < -0.3 is 0 Å². The Morgan fingerprint density at radius 3 is 0.367 bits per heavy atom. The molecule has 0 N–H and O–H groups in total. The average molecular weight is 435 g/mol. The molecule has 0 heterocycles. The first-order valence-electron chi connectivity index (χ1n) is 13.3. The second kappa shape index (κ2) is 47.0. The van der Waals surface area contributed by atoms with Crippen LogP contribution < -0.4 is 0 Å². The van der Waals surface area contributed by atoms with E-state index < -0.39 is 0 Å². The van der Waals surface area contributed by atoms with Crippen LogP contribution in [0.15, 0.2) is 0 Å². The number of rotatable bonds is 3. The zero-order valence-electron chi connectivity index (χ0n) is 26.3. The molecule has 0 bridgehead atoms. The summed E-state index contributed by atoms with van der Waals surface area (Å²) in [6.45, 7) is 43.5. The van der Waals surface area contributed by atoms with Gasteiger partial charge in [0.1, 0.15) is 0 Å². The second-order valence-corrected chi connectivity index (χ2v) is 12.1. The first-order chi connectivity index (χ1) is 13.3. The van der Waals surface area contributed by atoms with E-state index in [1.165, 1.54) is 25.7 Å². The summed E-state index contributed by atoms with van der Waals surface area (Å²) in [4.78, 5) is 0. The van der Waals surface area contributed by atoms with Crippen LogP contribution in [0.5, 0.6) is 0 Å². The highest BCUT2D eigenvalue weighted by Gasteiger charge is 1.75. The summed E-state index contributed by atoms with van der Waals surface area (Å²) in [5, 5.41) is 0. The molecule has 0 aromatic heterocycles. The van der Waals surface area contributed by atoms with Gasteiger partial charge in [-0.1, -0.05) is 164 Å².